The van der Waals surface area contributed by atoms with Crippen LogP contribution in [0.2, 0.25) is 0 Å². The van der Waals surface area contributed by atoms with E-state index in [4.69, 9.17) is 0 Å². The quantitative estimate of drug-likeness (QED) is 0.514. The van der Waals surface area contributed by atoms with E-state index in [1.165, 1.54) is 63.9 Å². The fourth-order valence-corrected chi connectivity index (χ4v) is 7.42. The number of hydrogen-bond acceptors (Lipinski definition) is 0. The van der Waals surface area contributed by atoms with Crippen molar-refractivity contribution in [2.75, 3.05) is 6.16 Å². The Labute approximate surface area is 135 Å². The van der Waals surface area contributed by atoms with Gasteiger partial charge in [-0.3, -0.25) is 0 Å². The minimum atomic E-state index is 0.714. The molecule has 0 N–H and O–H groups in total. The summed E-state index contributed by atoms with van der Waals surface area (Å²) in [6, 6.07) is 0. The van der Waals surface area contributed by atoms with E-state index in [9.17, 15) is 0 Å². The molecule has 3 rings (SSSR count). The second-order valence-corrected chi connectivity index (χ2v) is 8.73. The van der Waals surface area contributed by atoms with E-state index < -0.39 is 0 Å². The van der Waals surface area contributed by atoms with Crippen LogP contribution < -0.4 is 0 Å². The lowest BCUT2D eigenvalue weighted by atomic mass is 9.52. The second kappa shape index (κ2) is 7.81. The molecule has 0 heterocycles. The predicted octanol–water partition coefficient (Wildman–Crippen LogP) is 6.59. The zero-order valence-electron chi connectivity index (χ0n) is 14.1. The monoisotopic (exact) mass is 308 g/mol. The Morgan fingerprint density at radius 2 is 0.810 bits per heavy atom. The summed E-state index contributed by atoms with van der Waals surface area (Å²) in [7, 11) is 3.24. The minimum Gasteiger partial charge on any atom is -0.137 e. The summed E-state index contributed by atoms with van der Waals surface area (Å²) in [5, 5.41) is 0. The van der Waals surface area contributed by atoms with Gasteiger partial charge in [0.15, 0.2) is 0 Å². The number of hydrogen-bond donors (Lipinski definition) is 0. The summed E-state index contributed by atoms with van der Waals surface area (Å²) in [6.45, 7) is 0. The summed E-state index contributed by atoms with van der Waals surface area (Å²) in [6.07, 6.45) is 24.4. The van der Waals surface area contributed by atoms with Crippen LogP contribution in [-0.2, 0) is 0 Å². The number of rotatable bonds is 4. The summed E-state index contributed by atoms with van der Waals surface area (Å²) < 4.78 is 0. The maximum Gasteiger partial charge on any atom is -0.0178 e. The van der Waals surface area contributed by atoms with Gasteiger partial charge >= 0.3 is 0 Å². The maximum absolute atomic E-state index is 3.24. The molecule has 0 aromatic carbocycles. The van der Waals surface area contributed by atoms with Crippen LogP contribution >= 0.6 is 9.24 Å². The highest BCUT2D eigenvalue weighted by Crippen LogP contribution is 2.57. The highest BCUT2D eigenvalue weighted by Gasteiger charge is 2.49. The largest absolute Gasteiger partial charge is 0.137 e. The van der Waals surface area contributed by atoms with Crippen molar-refractivity contribution in [2.24, 2.45) is 23.2 Å². The van der Waals surface area contributed by atoms with Gasteiger partial charge < -0.3 is 0 Å². The van der Waals surface area contributed by atoms with Gasteiger partial charge in [0, 0.05) is 0 Å². The maximum atomic E-state index is 3.24. The molecule has 3 aliphatic rings. The summed E-state index contributed by atoms with van der Waals surface area (Å²) in [5.74, 6) is 3.19. The molecular formula is C20H37P. The zero-order valence-corrected chi connectivity index (χ0v) is 15.3. The summed E-state index contributed by atoms with van der Waals surface area (Å²) in [5.41, 5.74) is 0.714. The summed E-state index contributed by atoms with van der Waals surface area (Å²) in [4.78, 5) is 0. The lowest BCUT2D eigenvalue weighted by Crippen LogP contribution is -2.48. The third-order valence-electron chi connectivity index (χ3n) is 7.45. The van der Waals surface area contributed by atoms with Crippen molar-refractivity contribution in [1.29, 1.82) is 0 Å². The van der Waals surface area contributed by atoms with Crippen LogP contribution in [0.15, 0.2) is 0 Å². The van der Waals surface area contributed by atoms with Crippen LogP contribution in [0.1, 0.15) is 96.3 Å². The van der Waals surface area contributed by atoms with Crippen LogP contribution in [0.5, 0.6) is 0 Å². The molecule has 0 saturated heterocycles. The molecule has 1 heteroatoms. The highest BCUT2D eigenvalue weighted by molar-refractivity contribution is 7.16. The Kier molecular flexibility index (Phi) is 6.06. The van der Waals surface area contributed by atoms with E-state index >= 15 is 0 Å². The highest BCUT2D eigenvalue weighted by atomic mass is 31.0. The van der Waals surface area contributed by atoms with Crippen LogP contribution in [0.4, 0.5) is 0 Å². The topological polar surface area (TPSA) is 0 Å². The van der Waals surface area contributed by atoms with E-state index in [0.717, 1.165) is 17.8 Å². The molecule has 21 heavy (non-hydrogen) atoms. The Balaban J connectivity index is 1.85. The third kappa shape index (κ3) is 3.36. The minimum absolute atomic E-state index is 0.714. The molecule has 0 nitrogen and oxygen atoms in total. The average molecular weight is 308 g/mol. The van der Waals surface area contributed by atoms with Gasteiger partial charge in [0.2, 0.25) is 0 Å². The first-order chi connectivity index (χ1) is 10.4. The van der Waals surface area contributed by atoms with E-state index in [2.05, 4.69) is 9.24 Å². The molecule has 3 fully saturated rings. The summed E-state index contributed by atoms with van der Waals surface area (Å²) >= 11 is 0. The van der Waals surface area contributed by atoms with Crippen molar-refractivity contribution in [1.82, 2.24) is 0 Å². The molecule has 122 valence electrons. The van der Waals surface area contributed by atoms with E-state index in [0.29, 0.717) is 5.41 Å². The average Bonchev–Trinajstić information content (AvgIpc) is 2.59. The lowest BCUT2D eigenvalue weighted by Gasteiger charge is -2.54. The van der Waals surface area contributed by atoms with Gasteiger partial charge in [-0.1, -0.05) is 57.8 Å². The first kappa shape index (κ1) is 16.3. The van der Waals surface area contributed by atoms with E-state index in [-0.39, 0.29) is 0 Å². The molecule has 0 aliphatic heterocycles. The van der Waals surface area contributed by atoms with Gasteiger partial charge in [-0.05, 0) is 67.9 Å². The zero-order chi connectivity index (χ0) is 14.5. The smallest absolute Gasteiger partial charge is 0.0178 e. The van der Waals surface area contributed by atoms with Crippen molar-refractivity contribution >= 4 is 9.24 Å². The molecule has 0 aromatic rings. The van der Waals surface area contributed by atoms with Gasteiger partial charge in [0.05, 0.1) is 0 Å². The van der Waals surface area contributed by atoms with Crippen LogP contribution in [0.25, 0.3) is 0 Å². The normalized spacial score (nSPS) is 27.9. The van der Waals surface area contributed by atoms with Gasteiger partial charge in [0.1, 0.15) is 0 Å². The molecule has 0 aromatic heterocycles. The van der Waals surface area contributed by atoms with Crippen molar-refractivity contribution < 1.29 is 0 Å². The van der Waals surface area contributed by atoms with Gasteiger partial charge in [0.25, 0.3) is 0 Å². The molecule has 0 bridgehead atoms. The SMILES string of the molecule is PCC(C1CCCCC1)(C1CCCCC1)C1CCCCC1. The van der Waals surface area contributed by atoms with Crippen LogP contribution in [-0.4, -0.2) is 6.16 Å². The Bertz CT molecular complexity index is 247. The fraction of sp³-hybridized carbons (Fsp3) is 1.00. The van der Waals surface area contributed by atoms with Crippen molar-refractivity contribution in [2.45, 2.75) is 96.3 Å². The molecule has 3 saturated carbocycles. The second-order valence-electron chi connectivity index (χ2n) is 8.32. The van der Waals surface area contributed by atoms with E-state index in [1.54, 1.807) is 38.5 Å². The standard InChI is InChI=1S/C20H37P/c21-16-20(17-10-4-1-5-11-17,18-12-6-2-7-13-18)19-14-8-3-9-15-19/h17-19H,1-16,21H2. The van der Waals surface area contributed by atoms with E-state index in [1.807, 2.05) is 0 Å². The van der Waals surface area contributed by atoms with Gasteiger partial charge in [-0.15, -0.1) is 9.24 Å². The molecule has 1 atom stereocenters. The third-order valence-corrected chi connectivity index (χ3v) is 8.16. The molecule has 0 spiro atoms. The molecule has 0 radical (unpaired) electrons. The molecular weight excluding hydrogens is 271 g/mol. The van der Waals surface area contributed by atoms with Crippen molar-refractivity contribution in [3.8, 4) is 0 Å². The van der Waals surface area contributed by atoms with Crippen LogP contribution in [0, 0.1) is 23.2 Å². The predicted molar refractivity (Wildman–Crippen MR) is 96.7 cm³/mol. The molecule has 1 unspecified atom stereocenters. The van der Waals surface area contributed by atoms with Gasteiger partial charge in [-0.25, -0.2) is 0 Å². The lowest BCUT2D eigenvalue weighted by molar-refractivity contribution is -0.0274. The first-order valence-electron chi connectivity index (χ1n) is 10.1. The van der Waals surface area contributed by atoms with Crippen molar-refractivity contribution in [3.05, 3.63) is 0 Å². The Morgan fingerprint density at radius 3 is 1.05 bits per heavy atom. The van der Waals surface area contributed by atoms with Gasteiger partial charge in [-0.2, -0.15) is 0 Å². The fourth-order valence-electron chi connectivity index (χ4n) is 6.42. The molecule has 3 aliphatic carbocycles. The Hall–Kier alpha value is 0.430. The van der Waals surface area contributed by atoms with Crippen molar-refractivity contribution in [3.63, 3.8) is 0 Å². The first-order valence-corrected chi connectivity index (χ1v) is 10.9. The Morgan fingerprint density at radius 1 is 0.524 bits per heavy atom. The molecule has 0 amide bonds. The van der Waals surface area contributed by atoms with Crippen LogP contribution in [0.3, 0.4) is 0 Å².